The Morgan fingerprint density at radius 3 is 2.61 bits per heavy atom. The first-order valence-electron chi connectivity index (χ1n) is 8.09. The minimum Gasteiger partial charge on any atom is -0.480 e. The fourth-order valence-electron chi connectivity index (χ4n) is 3.90. The molecule has 1 aliphatic heterocycles. The summed E-state index contributed by atoms with van der Waals surface area (Å²) in [4.78, 5) is 22.5. The third-order valence-electron chi connectivity index (χ3n) is 5.12. The Hall–Kier alpha value is -2.08. The number of aromatic carboxylic acids is 1. The molecule has 0 aromatic heterocycles. The summed E-state index contributed by atoms with van der Waals surface area (Å²) in [6.07, 6.45) is 3.56. The second kappa shape index (κ2) is 6.58. The van der Waals surface area contributed by atoms with Gasteiger partial charge in [-0.2, -0.15) is 0 Å². The van der Waals surface area contributed by atoms with Gasteiger partial charge in [0.1, 0.15) is 6.04 Å². The molecule has 0 radical (unpaired) electrons. The highest BCUT2D eigenvalue weighted by Crippen LogP contribution is 2.37. The topological polar surface area (TPSA) is 98.7 Å². The van der Waals surface area contributed by atoms with Crippen LogP contribution in [0.1, 0.15) is 36.0 Å². The van der Waals surface area contributed by atoms with Gasteiger partial charge in [0.25, 0.3) is 0 Å². The molecule has 2 fully saturated rings. The standard InChI is InChI=1S/C17H22N2O4/c20-16(21)13-3-1-2-4-14(13)19-12-6-5-10-9-18-15(17(22)23)8-11(10)7-12/h1-4,10-12,15,18-19H,5-9H2,(H,20,21)(H,22,23)/t10-,11+,12-,15-/m0/s1. The molecule has 1 saturated heterocycles. The summed E-state index contributed by atoms with van der Waals surface area (Å²) in [6, 6.07) is 6.67. The highest BCUT2D eigenvalue weighted by Gasteiger charge is 2.37. The van der Waals surface area contributed by atoms with E-state index in [1.807, 2.05) is 6.07 Å². The molecule has 1 saturated carbocycles. The first-order valence-corrected chi connectivity index (χ1v) is 8.09. The third-order valence-corrected chi connectivity index (χ3v) is 5.12. The lowest BCUT2D eigenvalue weighted by Gasteiger charge is -2.42. The monoisotopic (exact) mass is 318 g/mol. The fourth-order valence-corrected chi connectivity index (χ4v) is 3.90. The van der Waals surface area contributed by atoms with E-state index in [4.69, 9.17) is 0 Å². The Morgan fingerprint density at radius 2 is 1.87 bits per heavy atom. The van der Waals surface area contributed by atoms with Gasteiger partial charge in [-0.15, -0.1) is 0 Å². The second-order valence-electron chi connectivity index (χ2n) is 6.56. The zero-order chi connectivity index (χ0) is 16.4. The average Bonchev–Trinajstić information content (AvgIpc) is 2.54. The van der Waals surface area contributed by atoms with Gasteiger partial charge in [0.15, 0.2) is 0 Å². The Labute approximate surface area is 134 Å². The molecule has 3 rings (SSSR count). The van der Waals surface area contributed by atoms with Crippen LogP contribution in [0.5, 0.6) is 0 Å². The van der Waals surface area contributed by atoms with Crippen molar-refractivity contribution in [3.8, 4) is 0 Å². The summed E-state index contributed by atoms with van der Waals surface area (Å²) < 4.78 is 0. The highest BCUT2D eigenvalue weighted by molar-refractivity contribution is 5.94. The van der Waals surface area contributed by atoms with Crippen molar-refractivity contribution in [1.82, 2.24) is 5.32 Å². The predicted octanol–water partition coefficient (Wildman–Crippen LogP) is 2.03. The lowest BCUT2D eigenvalue weighted by molar-refractivity contribution is -0.141. The number of nitrogens with one attached hydrogen (secondary N) is 2. The Kier molecular flexibility index (Phi) is 4.52. The molecule has 6 heteroatoms. The Balaban J connectivity index is 1.67. The molecule has 0 unspecified atom stereocenters. The molecule has 1 aromatic rings. The van der Waals surface area contributed by atoms with Crippen molar-refractivity contribution in [2.24, 2.45) is 11.8 Å². The van der Waals surface area contributed by atoms with E-state index < -0.39 is 18.0 Å². The van der Waals surface area contributed by atoms with Gasteiger partial charge >= 0.3 is 11.9 Å². The van der Waals surface area contributed by atoms with E-state index in [-0.39, 0.29) is 11.6 Å². The number of hydrogen-bond donors (Lipinski definition) is 4. The van der Waals surface area contributed by atoms with Crippen molar-refractivity contribution < 1.29 is 19.8 Å². The number of fused-ring (bicyclic) bond motifs is 1. The quantitative estimate of drug-likeness (QED) is 0.678. The van der Waals surface area contributed by atoms with Crippen LogP contribution >= 0.6 is 0 Å². The van der Waals surface area contributed by atoms with E-state index in [1.165, 1.54) is 0 Å². The van der Waals surface area contributed by atoms with Crippen molar-refractivity contribution >= 4 is 17.6 Å². The maximum Gasteiger partial charge on any atom is 0.337 e. The number of benzene rings is 1. The van der Waals surface area contributed by atoms with Gasteiger partial charge in [0.05, 0.1) is 5.56 Å². The van der Waals surface area contributed by atoms with Crippen LogP contribution in [0.4, 0.5) is 5.69 Å². The number of carbonyl (C=O) groups is 2. The van der Waals surface area contributed by atoms with Crippen LogP contribution in [0.25, 0.3) is 0 Å². The lowest BCUT2D eigenvalue weighted by atomic mass is 9.72. The van der Waals surface area contributed by atoms with Crippen LogP contribution in [0.15, 0.2) is 24.3 Å². The van der Waals surface area contributed by atoms with Crippen molar-refractivity contribution in [3.05, 3.63) is 29.8 Å². The summed E-state index contributed by atoms with van der Waals surface area (Å²) in [5, 5.41) is 24.9. The van der Waals surface area contributed by atoms with E-state index in [2.05, 4.69) is 10.6 Å². The number of piperidine rings is 1. The van der Waals surface area contributed by atoms with Crippen molar-refractivity contribution in [3.63, 3.8) is 0 Å². The number of hydrogen-bond acceptors (Lipinski definition) is 4. The summed E-state index contributed by atoms with van der Waals surface area (Å²) in [6.45, 7) is 0.764. The number of anilines is 1. The van der Waals surface area contributed by atoms with Gasteiger partial charge in [-0.1, -0.05) is 12.1 Å². The highest BCUT2D eigenvalue weighted by atomic mass is 16.4. The maximum absolute atomic E-state index is 11.3. The van der Waals surface area contributed by atoms with E-state index in [0.29, 0.717) is 23.9 Å². The molecular weight excluding hydrogens is 296 g/mol. The number of rotatable bonds is 4. The molecule has 0 amide bonds. The van der Waals surface area contributed by atoms with E-state index in [0.717, 1.165) is 25.8 Å². The number of carboxylic acid groups (broad SMARTS) is 2. The Bertz CT molecular complexity index is 604. The lowest BCUT2D eigenvalue weighted by Crippen LogP contribution is -2.50. The predicted molar refractivity (Wildman–Crippen MR) is 85.7 cm³/mol. The Morgan fingerprint density at radius 1 is 1.09 bits per heavy atom. The van der Waals surface area contributed by atoms with Gasteiger partial charge in [-0.3, -0.25) is 4.79 Å². The molecule has 0 bridgehead atoms. The van der Waals surface area contributed by atoms with Gasteiger partial charge < -0.3 is 20.8 Å². The molecule has 1 heterocycles. The summed E-state index contributed by atoms with van der Waals surface area (Å²) in [5.74, 6) is -0.816. The van der Waals surface area contributed by atoms with Crippen molar-refractivity contribution in [2.45, 2.75) is 37.8 Å². The molecule has 23 heavy (non-hydrogen) atoms. The van der Waals surface area contributed by atoms with Crippen LogP contribution in [0, 0.1) is 11.8 Å². The average molecular weight is 318 g/mol. The SMILES string of the molecule is O=C(O)c1ccccc1N[C@H]1CC[C@H]2CN[C@H](C(=O)O)C[C@H]2C1. The summed E-state index contributed by atoms with van der Waals surface area (Å²) in [7, 11) is 0. The van der Waals surface area contributed by atoms with E-state index in [9.17, 15) is 19.8 Å². The molecule has 4 N–H and O–H groups in total. The van der Waals surface area contributed by atoms with Gasteiger partial charge in [-0.05, 0) is 56.2 Å². The molecule has 0 spiro atoms. The van der Waals surface area contributed by atoms with Crippen LogP contribution in [-0.2, 0) is 4.79 Å². The normalized spacial score (nSPS) is 30.3. The van der Waals surface area contributed by atoms with Crippen LogP contribution in [-0.4, -0.2) is 40.8 Å². The second-order valence-corrected chi connectivity index (χ2v) is 6.56. The third kappa shape index (κ3) is 3.47. The smallest absolute Gasteiger partial charge is 0.337 e. The number of aliphatic carboxylic acids is 1. The largest absolute Gasteiger partial charge is 0.480 e. The molecule has 1 aliphatic carbocycles. The van der Waals surface area contributed by atoms with Gasteiger partial charge in [0.2, 0.25) is 0 Å². The van der Waals surface area contributed by atoms with Crippen LogP contribution < -0.4 is 10.6 Å². The van der Waals surface area contributed by atoms with Gasteiger partial charge in [0, 0.05) is 11.7 Å². The van der Waals surface area contributed by atoms with E-state index in [1.54, 1.807) is 18.2 Å². The molecular formula is C17H22N2O4. The maximum atomic E-state index is 11.3. The van der Waals surface area contributed by atoms with E-state index >= 15 is 0 Å². The first kappa shape index (κ1) is 15.8. The number of para-hydroxylation sites is 1. The van der Waals surface area contributed by atoms with Gasteiger partial charge in [-0.25, -0.2) is 4.79 Å². The zero-order valence-electron chi connectivity index (χ0n) is 12.9. The molecule has 2 aliphatic rings. The van der Waals surface area contributed by atoms with Crippen molar-refractivity contribution in [2.75, 3.05) is 11.9 Å². The molecule has 1 aromatic carbocycles. The van der Waals surface area contributed by atoms with Crippen LogP contribution in [0.2, 0.25) is 0 Å². The summed E-state index contributed by atoms with van der Waals surface area (Å²) >= 11 is 0. The van der Waals surface area contributed by atoms with Crippen molar-refractivity contribution in [1.29, 1.82) is 0 Å². The first-order chi connectivity index (χ1) is 11.0. The molecule has 4 atom stereocenters. The number of carboxylic acids is 2. The minimum absolute atomic E-state index is 0.198. The van der Waals surface area contributed by atoms with Crippen LogP contribution in [0.3, 0.4) is 0 Å². The zero-order valence-corrected chi connectivity index (χ0v) is 12.9. The molecule has 124 valence electrons. The minimum atomic E-state index is -0.936. The summed E-state index contributed by atoms with van der Waals surface area (Å²) in [5.41, 5.74) is 0.926. The molecule has 6 nitrogen and oxygen atoms in total. The fraction of sp³-hybridized carbons (Fsp3) is 0.529.